The zero-order valence-electron chi connectivity index (χ0n) is 15.3. The number of rotatable bonds is 6. The molecule has 2 N–H and O–H groups in total. The van der Waals surface area contributed by atoms with Gasteiger partial charge in [0.1, 0.15) is 11.4 Å². The summed E-state index contributed by atoms with van der Waals surface area (Å²) in [6, 6.07) is 11.6. The van der Waals surface area contributed by atoms with Crippen LogP contribution in [0.5, 0.6) is 5.75 Å². The fourth-order valence-corrected chi connectivity index (χ4v) is 3.30. The van der Waals surface area contributed by atoms with Crippen molar-refractivity contribution >= 4 is 17.3 Å². The Balaban J connectivity index is 1.62. The summed E-state index contributed by atoms with van der Waals surface area (Å²) in [6.07, 6.45) is 9.26. The maximum absolute atomic E-state index is 12.5. The fourth-order valence-electron chi connectivity index (χ4n) is 3.30. The molecular formula is C21H27N3O2. The molecular weight excluding hydrogens is 326 g/mol. The second kappa shape index (κ2) is 9.22. The third-order valence-corrected chi connectivity index (χ3v) is 4.64. The lowest BCUT2D eigenvalue weighted by molar-refractivity contribution is 0.102. The van der Waals surface area contributed by atoms with E-state index in [0.717, 1.165) is 17.1 Å². The van der Waals surface area contributed by atoms with Crippen LogP contribution in [0.3, 0.4) is 0 Å². The summed E-state index contributed by atoms with van der Waals surface area (Å²) in [5.41, 5.74) is 2.10. The summed E-state index contributed by atoms with van der Waals surface area (Å²) in [6.45, 7) is 2.56. The Morgan fingerprint density at radius 3 is 2.50 bits per heavy atom. The van der Waals surface area contributed by atoms with Crippen LogP contribution in [-0.4, -0.2) is 23.5 Å². The largest absolute Gasteiger partial charge is 0.494 e. The number of carbonyl (C=O) groups is 1. The van der Waals surface area contributed by atoms with Crippen molar-refractivity contribution < 1.29 is 9.53 Å². The summed E-state index contributed by atoms with van der Waals surface area (Å²) >= 11 is 0. The van der Waals surface area contributed by atoms with E-state index in [1.807, 2.05) is 43.3 Å². The Morgan fingerprint density at radius 1 is 1.08 bits per heavy atom. The third-order valence-electron chi connectivity index (χ3n) is 4.64. The first-order valence-electron chi connectivity index (χ1n) is 9.51. The number of hydrogen-bond donors (Lipinski definition) is 2. The Labute approximate surface area is 155 Å². The zero-order chi connectivity index (χ0) is 18.2. The molecule has 0 aliphatic heterocycles. The van der Waals surface area contributed by atoms with E-state index in [-0.39, 0.29) is 5.91 Å². The van der Waals surface area contributed by atoms with E-state index in [9.17, 15) is 4.79 Å². The van der Waals surface area contributed by atoms with Gasteiger partial charge in [-0.15, -0.1) is 0 Å². The van der Waals surface area contributed by atoms with Crippen molar-refractivity contribution in [2.45, 2.75) is 51.5 Å². The number of ether oxygens (including phenoxy) is 1. The first-order chi connectivity index (χ1) is 12.7. The molecule has 0 radical (unpaired) electrons. The SMILES string of the molecule is CCOc1ccc(NC(=O)c2cc(NC3CCCCCC3)ccn2)cc1. The second-order valence-corrected chi connectivity index (χ2v) is 6.67. The molecule has 0 unspecified atom stereocenters. The molecule has 1 saturated carbocycles. The van der Waals surface area contributed by atoms with Crippen LogP contribution in [0, 0.1) is 0 Å². The van der Waals surface area contributed by atoms with E-state index in [4.69, 9.17) is 4.74 Å². The van der Waals surface area contributed by atoms with Gasteiger partial charge < -0.3 is 15.4 Å². The number of nitrogens with zero attached hydrogens (tertiary/aromatic N) is 1. The number of carbonyl (C=O) groups excluding carboxylic acids is 1. The predicted octanol–water partition coefficient (Wildman–Crippen LogP) is 4.87. The highest BCUT2D eigenvalue weighted by Crippen LogP contribution is 2.22. The van der Waals surface area contributed by atoms with Crippen molar-refractivity contribution in [1.82, 2.24) is 4.98 Å². The molecule has 26 heavy (non-hydrogen) atoms. The lowest BCUT2D eigenvalue weighted by atomic mass is 10.1. The standard InChI is InChI=1S/C21H27N3O2/c1-2-26-19-11-9-17(10-12-19)24-21(25)20-15-18(13-14-22-20)23-16-7-5-3-4-6-8-16/h9-16H,2-8H2,1H3,(H,22,23)(H,24,25). The number of nitrogens with one attached hydrogen (secondary N) is 2. The second-order valence-electron chi connectivity index (χ2n) is 6.67. The van der Waals surface area contributed by atoms with Gasteiger partial charge in [-0.25, -0.2) is 0 Å². The van der Waals surface area contributed by atoms with E-state index in [2.05, 4.69) is 15.6 Å². The van der Waals surface area contributed by atoms with Crippen molar-refractivity contribution in [1.29, 1.82) is 0 Å². The van der Waals surface area contributed by atoms with Gasteiger partial charge in [0.05, 0.1) is 6.61 Å². The fraction of sp³-hybridized carbons (Fsp3) is 0.429. The average Bonchev–Trinajstić information content (AvgIpc) is 2.92. The maximum Gasteiger partial charge on any atom is 0.274 e. The summed E-state index contributed by atoms with van der Waals surface area (Å²) < 4.78 is 5.41. The minimum atomic E-state index is -0.210. The number of hydrogen-bond acceptors (Lipinski definition) is 4. The average molecular weight is 353 g/mol. The predicted molar refractivity (Wildman–Crippen MR) is 105 cm³/mol. The van der Waals surface area contributed by atoms with Crippen molar-refractivity contribution in [3.63, 3.8) is 0 Å². The Hall–Kier alpha value is -2.56. The first kappa shape index (κ1) is 18.2. The molecule has 2 aromatic rings. The minimum Gasteiger partial charge on any atom is -0.494 e. The van der Waals surface area contributed by atoms with E-state index in [1.165, 1.54) is 38.5 Å². The van der Waals surface area contributed by atoms with Gasteiger partial charge in [0.15, 0.2) is 0 Å². The molecule has 1 aliphatic carbocycles. The molecule has 1 aliphatic rings. The van der Waals surface area contributed by atoms with Crippen LogP contribution in [0.2, 0.25) is 0 Å². The Morgan fingerprint density at radius 2 is 1.81 bits per heavy atom. The van der Waals surface area contributed by atoms with Crippen LogP contribution in [0.25, 0.3) is 0 Å². The summed E-state index contributed by atoms with van der Waals surface area (Å²) in [5.74, 6) is 0.580. The molecule has 0 bridgehead atoms. The number of pyridine rings is 1. The topological polar surface area (TPSA) is 63.2 Å². The molecule has 0 atom stereocenters. The molecule has 1 amide bonds. The lowest BCUT2D eigenvalue weighted by Gasteiger charge is -2.18. The molecule has 1 fully saturated rings. The molecule has 3 rings (SSSR count). The number of amides is 1. The van der Waals surface area contributed by atoms with Crippen LogP contribution >= 0.6 is 0 Å². The Kier molecular flexibility index (Phi) is 6.47. The van der Waals surface area contributed by atoms with Crippen molar-refractivity contribution in [2.24, 2.45) is 0 Å². The summed E-state index contributed by atoms with van der Waals surface area (Å²) in [5, 5.41) is 6.45. The van der Waals surface area contributed by atoms with Gasteiger partial charge in [0, 0.05) is 23.6 Å². The third kappa shape index (κ3) is 5.22. The van der Waals surface area contributed by atoms with E-state index < -0.39 is 0 Å². The molecule has 138 valence electrons. The lowest BCUT2D eigenvalue weighted by Crippen LogP contribution is -2.19. The molecule has 5 nitrogen and oxygen atoms in total. The highest BCUT2D eigenvalue weighted by atomic mass is 16.5. The van der Waals surface area contributed by atoms with Crippen LogP contribution in [-0.2, 0) is 0 Å². The van der Waals surface area contributed by atoms with Gasteiger partial charge in [0.2, 0.25) is 0 Å². The number of anilines is 2. The monoisotopic (exact) mass is 353 g/mol. The Bertz CT molecular complexity index is 707. The smallest absolute Gasteiger partial charge is 0.274 e. The van der Waals surface area contributed by atoms with Crippen LogP contribution in [0.4, 0.5) is 11.4 Å². The quantitative estimate of drug-likeness (QED) is 0.728. The van der Waals surface area contributed by atoms with E-state index in [1.54, 1.807) is 6.20 Å². The molecule has 0 spiro atoms. The van der Waals surface area contributed by atoms with Crippen molar-refractivity contribution in [2.75, 3.05) is 17.2 Å². The van der Waals surface area contributed by atoms with Crippen LogP contribution in [0.1, 0.15) is 55.9 Å². The van der Waals surface area contributed by atoms with Gasteiger partial charge in [-0.1, -0.05) is 25.7 Å². The summed E-state index contributed by atoms with van der Waals surface area (Å²) in [4.78, 5) is 16.7. The molecule has 5 heteroatoms. The summed E-state index contributed by atoms with van der Waals surface area (Å²) in [7, 11) is 0. The zero-order valence-corrected chi connectivity index (χ0v) is 15.3. The van der Waals surface area contributed by atoms with Gasteiger partial charge >= 0.3 is 0 Å². The number of benzene rings is 1. The highest BCUT2D eigenvalue weighted by Gasteiger charge is 2.13. The van der Waals surface area contributed by atoms with Gasteiger partial charge in [-0.3, -0.25) is 9.78 Å². The normalized spacial score (nSPS) is 15.1. The van der Waals surface area contributed by atoms with Gasteiger partial charge in [-0.05, 0) is 56.2 Å². The van der Waals surface area contributed by atoms with Crippen LogP contribution < -0.4 is 15.4 Å². The molecule has 1 aromatic heterocycles. The molecule has 1 aromatic carbocycles. The maximum atomic E-state index is 12.5. The number of aromatic nitrogens is 1. The van der Waals surface area contributed by atoms with E-state index in [0.29, 0.717) is 18.3 Å². The molecule has 0 saturated heterocycles. The first-order valence-corrected chi connectivity index (χ1v) is 9.51. The van der Waals surface area contributed by atoms with Gasteiger partial charge in [0.25, 0.3) is 5.91 Å². The minimum absolute atomic E-state index is 0.210. The van der Waals surface area contributed by atoms with Crippen molar-refractivity contribution in [3.8, 4) is 5.75 Å². The van der Waals surface area contributed by atoms with E-state index >= 15 is 0 Å². The highest BCUT2D eigenvalue weighted by molar-refractivity contribution is 6.03. The van der Waals surface area contributed by atoms with Crippen LogP contribution in [0.15, 0.2) is 42.6 Å². The van der Waals surface area contributed by atoms with Crippen molar-refractivity contribution in [3.05, 3.63) is 48.3 Å². The molecule has 1 heterocycles. The van der Waals surface area contributed by atoms with Gasteiger partial charge in [-0.2, -0.15) is 0 Å².